The largest absolute Gasteiger partial charge is 0.481 e. The van der Waals surface area contributed by atoms with Crippen molar-refractivity contribution in [1.82, 2.24) is 4.90 Å². The number of hydrogen-bond acceptors (Lipinski definition) is 6. The highest BCUT2D eigenvalue weighted by Crippen LogP contribution is 1.97. The average Bonchev–Trinajstić information content (AvgIpc) is 2.26. The number of esters is 2. The van der Waals surface area contributed by atoms with Gasteiger partial charge >= 0.3 is 17.9 Å². The van der Waals surface area contributed by atoms with Crippen LogP contribution in [0.25, 0.3) is 0 Å². The van der Waals surface area contributed by atoms with Crippen LogP contribution in [0.5, 0.6) is 0 Å². The lowest BCUT2D eigenvalue weighted by atomic mass is 10.3. The molecule has 0 fully saturated rings. The molecule has 0 saturated heterocycles. The van der Waals surface area contributed by atoms with E-state index in [9.17, 15) is 19.2 Å². The maximum absolute atomic E-state index is 11.4. The van der Waals surface area contributed by atoms with E-state index < -0.39 is 43.3 Å². The minimum absolute atomic E-state index is 0.502. The predicted octanol–water partition coefficient (Wildman–Crippen LogP) is -1.36. The lowest BCUT2D eigenvalue weighted by molar-refractivity contribution is -0.155. The van der Waals surface area contributed by atoms with Crippen molar-refractivity contribution in [3.05, 3.63) is 0 Å². The molecule has 96 valence electrons. The summed E-state index contributed by atoms with van der Waals surface area (Å²) in [4.78, 5) is 44.4. The first kappa shape index (κ1) is 14.9. The van der Waals surface area contributed by atoms with Gasteiger partial charge < -0.3 is 19.5 Å². The first-order valence-electron chi connectivity index (χ1n) is 4.54. The summed E-state index contributed by atoms with van der Waals surface area (Å²) < 4.78 is 8.64. The van der Waals surface area contributed by atoms with Crippen molar-refractivity contribution < 1.29 is 33.8 Å². The molecule has 0 atom stereocenters. The zero-order valence-corrected chi connectivity index (χ0v) is 9.47. The van der Waals surface area contributed by atoms with E-state index in [-0.39, 0.29) is 0 Å². The van der Waals surface area contributed by atoms with Crippen LogP contribution in [0.4, 0.5) is 0 Å². The van der Waals surface area contributed by atoms with Crippen molar-refractivity contribution >= 4 is 23.8 Å². The molecule has 0 heterocycles. The number of rotatable bonds is 6. The van der Waals surface area contributed by atoms with Gasteiger partial charge in [-0.15, -0.1) is 0 Å². The van der Waals surface area contributed by atoms with Crippen molar-refractivity contribution in [3.63, 3.8) is 0 Å². The van der Waals surface area contributed by atoms with Crippen LogP contribution in [0, 0.1) is 0 Å². The second kappa shape index (κ2) is 7.20. The SMILES string of the molecule is COC(=O)CN(CC(=O)OC)C(=O)CC(=O)O. The third-order valence-electron chi connectivity index (χ3n) is 1.75. The zero-order valence-electron chi connectivity index (χ0n) is 9.47. The molecule has 0 bridgehead atoms. The van der Waals surface area contributed by atoms with Crippen LogP contribution < -0.4 is 0 Å². The number of carboxylic acid groups (broad SMARTS) is 1. The fourth-order valence-electron chi connectivity index (χ4n) is 0.914. The van der Waals surface area contributed by atoms with Gasteiger partial charge in [0.1, 0.15) is 19.5 Å². The fraction of sp³-hybridized carbons (Fsp3) is 0.556. The maximum Gasteiger partial charge on any atom is 0.325 e. The number of nitrogens with zero attached hydrogens (tertiary/aromatic N) is 1. The van der Waals surface area contributed by atoms with Crippen LogP contribution in [0.15, 0.2) is 0 Å². The monoisotopic (exact) mass is 247 g/mol. The van der Waals surface area contributed by atoms with Gasteiger partial charge in [0, 0.05) is 0 Å². The minimum Gasteiger partial charge on any atom is -0.481 e. The van der Waals surface area contributed by atoms with Crippen LogP contribution in [0.1, 0.15) is 6.42 Å². The maximum atomic E-state index is 11.4. The summed E-state index contributed by atoms with van der Waals surface area (Å²) in [6.07, 6.45) is -0.812. The van der Waals surface area contributed by atoms with E-state index in [2.05, 4.69) is 9.47 Å². The van der Waals surface area contributed by atoms with Crippen molar-refractivity contribution in [2.24, 2.45) is 0 Å². The number of carboxylic acids is 1. The molecular weight excluding hydrogens is 234 g/mol. The quantitative estimate of drug-likeness (QED) is 0.455. The van der Waals surface area contributed by atoms with E-state index in [1.54, 1.807) is 0 Å². The molecular formula is C9H13NO7. The van der Waals surface area contributed by atoms with Gasteiger partial charge in [-0.05, 0) is 0 Å². The molecule has 0 aromatic carbocycles. The number of aliphatic carboxylic acids is 1. The van der Waals surface area contributed by atoms with Crippen LogP contribution in [0.2, 0.25) is 0 Å². The highest BCUT2D eigenvalue weighted by Gasteiger charge is 2.22. The summed E-state index contributed by atoms with van der Waals surface area (Å²) in [7, 11) is 2.22. The first-order chi connectivity index (χ1) is 7.90. The molecule has 0 radical (unpaired) electrons. The Morgan fingerprint density at radius 3 is 1.71 bits per heavy atom. The number of carbonyl (C=O) groups excluding carboxylic acids is 3. The van der Waals surface area contributed by atoms with Gasteiger partial charge in [0.25, 0.3) is 0 Å². The van der Waals surface area contributed by atoms with Gasteiger partial charge in [0.15, 0.2) is 0 Å². The molecule has 8 heteroatoms. The van der Waals surface area contributed by atoms with Crippen LogP contribution in [-0.4, -0.2) is 61.1 Å². The molecule has 0 spiro atoms. The number of methoxy groups -OCH3 is 2. The predicted molar refractivity (Wildman–Crippen MR) is 52.9 cm³/mol. The van der Waals surface area contributed by atoms with Crippen LogP contribution in [-0.2, 0) is 28.7 Å². The van der Waals surface area contributed by atoms with Crippen molar-refractivity contribution in [3.8, 4) is 0 Å². The van der Waals surface area contributed by atoms with Crippen LogP contribution >= 0.6 is 0 Å². The minimum atomic E-state index is -1.35. The molecule has 0 aliphatic heterocycles. The topological polar surface area (TPSA) is 110 Å². The van der Waals surface area contributed by atoms with Gasteiger partial charge in [0.2, 0.25) is 5.91 Å². The normalized spacial score (nSPS) is 9.29. The third-order valence-corrected chi connectivity index (χ3v) is 1.75. The molecule has 0 aromatic rings. The Morgan fingerprint density at radius 1 is 1.00 bits per heavy atom. The lowest BCUT2D eigenvalue weighted by Gasteiger charge is -2.19. The molecule has 1 N–H and O–H groups in total. The van der Waals surface area contributed by atoms with Gasteiger partial charge in [-0.3, -0.25) is 19.2 Å². The summed E-state index contributed by atoms with van der Waals surface area (Å²) in [5.74, 6) is -3.73. The standard InChI is InChI=1S/C9H13NO7/c1-16-8(14)4-10(5-9(15)17-2)6(11)3-7(12)13/h3-5H2,1-2H3,(H,12,13). The Bertz CT molecular complexity index is 307. The van der Waals surface area contributed by atoms with E-state index in [0.717, 1.165) is 19.1 Å². The van der Waals surface area contributed by atoms with E-state index >= 15 is 0 Å². The summed E-state index contributed by atoms with van der Waals surface area (Å²) >= 11 is 0. The Labute approximate surface area is 97.1 Å². The number of carbonyl (C=O) groups is 4. The summed E-state index contributed by atoms with van der Waals surface area (Å²) in [6, 6.07) is 0. The molecule has 0 aliphatic carbocycles. The Kier molecular flexibility index (Phi) is 6.30. The van der Waals surface area contributed by atoms with Crippen molar-refractivity contribution in [2.75, 3.05) is 27.3 Å². The Hall–Kier alpha value is -2.12. The molecule has 0 rings (SSSR count). The van der Waals surface area contributed by atoms with Gasteiger partial charge in [-0.2, -0.15) is 0 Å². The molecule has 17 heavy (non-hydrogen) atoms. The van der Waals surface area contributed by atoms with E-state index in [1.807, 2.05) is 0 Å². The second-order valence-corrected chi connectivity index (χ2v) is 2.97. The summed E-state index contributed by atoms with van der Waals surface area (Å²) in [6.45, 7) is -1.00. The zero-order chi connectivity index (χ0) is 13.4. The third kappa shape index (κ3) is 6.13. The Balaban J connectivity index is 4.59. The average molecular weight is 247 g/mol. The molecule has 1 amide bonds. The molecule has 0 unspecified atom stereocenters. The van der Waals surface area contributed by atoms with Crippen molar-refractivity contribution in [1.29, 1.82) is 0 Å². The number of amides is 1. The first-order valence-corrected chi connectivity index (χ1v) is 4.54. The number of hydrogen-bond donors (Lipinski definition) is 1. The Morgan fingerprint density at radius 2 is 1.41 bits per heavy atom. The van der Waals surface area contributed by atoms with Crippen molar-refractivity contribution in [2.45, 2.75) is 6.42 Å². The second-order valence-electron chi connectivity index (χ2n) is 2.97. The van der Waals surface area contributed by atoms with Gasteiger partial charge in [0.05, 0.1) is 14.2 Å². The van der Waals surface area contributed by atoms with Gasteiger partial charge in [-0.1, -0.05) is 0 Å². The lowest BCUT2D eigenvalue weighted by Crippen LogP contribution is -2.40. The highest BCUT2D eigenvalue weighted by atomic mass is 16.5. The van der Waals surface area contributed by atoms with Crippen LogP contribution in [0.3, 0.4) is 0 Å². The summed E-state index contributed by atoms with van der Waals surface area (Å²) in [5, 5.41) is 8.44. The highest BCUT2D eigenvalue weighted by molar-refractivity contribution is 5.96. The fourth-order valence-corrected chi connectivity index (χ4v) is 0.914. The number of ether oxygens (including phenoxy) is 2. The van der Waals surface area contributed by atoms with Gasteiger partial charge in [-0.25, -0.2) is 0 Å². The smallest absolute Gasteiger partial charge is 0.325 e. The van der Waals surface area contributed by atoms with E-state index in [1.165, 1.54) is 0 Å². The van der Waals surface area contributed by atoms with E-state index in [0.29, 0.717) is 0 Å². The molecule has 0 saturated carbocycles. The molecule has 0 aliphatic rings. The van der Waals surface area contributed by atoms with E-state index in [4.69, 9.17) is 5.11 Å². The molecule has 0 aromatic heterocycles. The molecule has 8 nitrogen and oxygen atoms in total. The summed E-state index contributed by atoms with van der Waals surface area (Å²) in [5.41, 5.74) is 0.